The van der Waals surface area contributed by atoms with Gasteiger partial charge in [-0.3, -0.25) is 15.0 Å². The minimum atomic E-state index is -1.86. The SMILES string of the molecule is C[C@@H]1CN2c3c(cc4c(N5CCOC5=O)noc4c3F)CC3(CNC(=O)NC3=O)[C@@]2(N=O)[C@H](C)O1. The molecule has 0 radical (unpaired) electrons. The van der Waals surface area contributed by atoms with Gasteiger partial charge in [-0.15, -0.1) is 4.91 Å². The third-order valence-electron chi connectivity index (χ3n) is 7.43. The van der Waals surface area contributed by atoms with Gasteiger partial charge in [0.2, 0.25) is 17.2 Å². The Labute approximate surface area is 196 Å². The smallest absolute Gasteiger partial charge is 0.415 e. The number of rotatable bonds is 2. The summed E-state index contributed by atoms with van der Waals surface area (Å²) in [6, 6.07) is 0.892. The second-order valence-corrected chi connectivity index (χ2v) is 9.26. The molecule has 1 aromatic carbocycles. The van der Waals surface area contributed by atoms with Crippen molar-refractivity contribution in [2.45, 2.75) is 38.1 Å². The highest BCUT2D eigenvalue weighted by Gasteiger charge is 2.70. The van der Waals surface area contributed by atoms with Crippen molar-refractivity contribution < 1.29 is 32.8 Å². The third kappa shape index (κ3) is 2.59. The van der Waals surface area contributed by atoms with E-state index in [-0.39, 0.29) is 55.1 Å². The maximum Gasteiger partial charge on any atom is 0.415 e. The fraction of sp³-hybridized carbons (Fsp3) is 0.524. The number of imide groups is 1. The molecule has 14 heteroatoms. The highest BCUT2D eigenvalue weighted by atomic mass is 19.1. The first-order valence-electron chi connectivity index (χ1n) is 11.2. The highest BCUT2D eigenvalue weighted by molar-refractivity contribution is 6.04. The third-order valence-corrected chi connectivity index (χ3v) is 7.43. The average Bonchev–Trinajstić information content (AvgIpc) is 3.42. The Kier molecular flexibility index (Phi) is 4.40. The van der Waals surface area contributed by atoms with E-state index in [0.717, 1.165) is 0 Å². The first-order chi connectivity index (χ1) is 16.7. The van der Waals surface area contributed by atoms with Crippen molar-refractivity contribution in [2.75, 3.05) is 36.0 Å². The molecular formula is C21H21FN6O7. The zero-order valence-electron chi connectivity index (χ0n) is 18.8. The minimum absolute atomic E-state index is 0.0427. The lowest BCUT2D eigenvalue weighted by atomic mass is 9.63. The van der Waals surface area contributed by atoms with Gasteiger partial charge in [-0.1, -0.05) is 5.16 Å². The number of benzene rings is 1. The number of carbonyl (C=O) groups excluding carboxylic acids is 3. The molecule has 184 valence electrons. The van der Waals surface area contributed by atoms with Crippen molar-refractivity contribution in [1.29, 1.82) is 0 Å². The van der Waals surface area contributed by atoms with Gasteiger partial charge in [-0.2, -0.15) is 0 Å². The maximum atomic E-state index is 16.1. The highest BCUT2D eigenvalue weighted by Crippen LogP contribution is 2.55. The molecule has 0 aliphatic carbocycles. The van der Waals surface area contributed by atoms with Crippen LogP contribution in [0, 0.1) is 16.1 Å². The first-order valence-corrected chi connectivity index (χ1v) is 11.2. The van der Waals surface area contributed by atoms with E-state index in [4.69, 9.17) is 14.0 Å². The molecule has 2 N–H and O–H groups in total. The topological polar surface area (TPSA) is 156 Å². The molecule has 13 nitrogen and oxygen atoms in total. The van der Waals surface area contributed by atoms with Gasteiger partial charge in [-0.05, 0) is 37.1 Å². The fourth-order valence-electron chi connectivity index (χ4n) is 5.97. The second-order valence-electron chi connectivity index (χ2n) is 9.26. The number of nitrogens with one attached hydrogen (secondary N) is 2. The van der Waals surface area contributed by atoms with Crippen LogP contribution in [0.3, 0.4) is 0 Å². The summed E-state index contributed by atoms with van der Waals surface area (Å²) in [5, 5.41) is 12.4. The first kappa shape index (κ1) is 21.7. The number of halogens is 1. The molecule has 4 amide bonds. The molecule has 2 aromatic rings. The number of anilines is 2. The van der Waals surface area contributed by atoms with E-state index in [1.165, 1.54) is 9.80 Å². The molecule has 3 saturated heterocycles. The number of morpholine rings is 1. The quantitative estimate of drug-likeness (QED) is 0.596. The van der Waals surface area contributed by atoms with E-state index >= 15 is 4.39 Å². The molecule has 1 spiro atoms. The van der Waals surface area contributed by atoms with Gasteiger partial charge in [0, 0.05) is 13.1 Å². The van der Waals surface area contributed by atoms with Crippen LogP contribution in [0.4, 0.5) is 25.5 Å². The number of urea groups is 1. The summed E-state index contributed by atoms with van der Waals surface area (Å²) in [4.78, 5) is 52.8. The normalized spacial score (nSPS) is 32.3. The average molecular weight is 488 g/mol. The second kappa shape index (κ2) is 7.10. The van der Waals surface area contributed by atoms with Crippen LogP contribution in [0.15, 0.2) is 15.8 Å². The lowest BCUT2D eigenvalue weighted by Crippen LogP contribution is -2.79. The largest absolute Gasteiger partial charge is 0.447 e. The summed E-state index contributed by atoms with van der Waals surface area (Å²) in [5.74, 6) is -1.42. The molecule has 4 aliphatic heterocycles. The van der Waals surface area contributed by atoms with Crippen LogP contribution in [-0.4, -0.2) is 67.3 Å². The van der Waals surface area contributed by atoms with Gasteiger partial charge in [0.25, 0.3) is 0 Å². The van der Waals surface area contributed by atoms with E-state index < -0.39 is 47.1 Å². The number of hydrogen-bond donors (Lipinski definition) is 2. The van der Waals surface area contributed by atoms with Crippen LogP contribution >= 0.6 is 0 Å². The number of aromatic nitrogens is 1. The van der Waals surface area contributed by atoms with Crippen molar-refractivity contribution in [3.8, 4) is 0 Å². The summed E-state index contributed by atoms with van der Waals surface area (Å²) in [6.07, 6.45) is -2.12. The van der Waals surface area contributed by atoms with Gasteiger partial charge in [0.05, 0.1) is 23.7 Å². The number of fused-ring (bicyclic) bond motifs is 5. The predicted molar refractivity (Wildman–Crippen MR) is 116 cm³/mol. The van der Waals surface area contributed by atoms with E-state index in [2.05, 4.69) is 21.0 Å². The fourth-order valence-corrected chi connectivity index (χ4v) is 5.97. The van der Waals surface area contributed by atoms with E-state index in [9.17, 15) is 19.3 Å². The number of hydrogen-bond acceptors (Lipinski definition) is 10. The number of ether oxygens (including phenoxy) is 2. The summed E-state index contributed by atoms with van der Waals surface area (Å²) in [5.41, 5.74) is -3.25. The van der Waals surface area contributed by atoms with E-state index in [0.29, 0.717) is 5.56 Å². The lowest BCUT2D eigenvalue weighted by Gasteiger charge is -2.60. The lowest BCUT2D eigenvalue weighted by molar-refractivity contribution is -0.152. The van der Waals surface area contributed by atoms with Gasteiger partial charge in [0.15, 0.2) is 11.6 Å². The molecule has 0 bridgehead atoms. The monoisotopic (exact) mass is 488 g/mol. The number of nitroso groups, excluding NO2 is 1. The molecule has 5 heterocycles. The van der Waals surface area contributed by atoms with Crippen molar-refractivity contribution in [1.82, 2.24) is 15.8 Å². The van der Waals surface area contributed by atoms with Crippen molar-refractivity contribution in [3.63, 3.8) is 0 Å². The summed E-state index contributed by atoms with van der Waals surface area (Å²) < 4.78 is 32.3. The van der Waals surface area contributed by atoms with Gasteiger partial charge in [0.1, 0.15) is 18.1 Å². The number of amides is 4. The molecule has 1 aromatic heterocycles. The van der Waals surface area contributed by atoms with Gasteiger partial charge in [-0.25, -0.2) is 14.0 Å². The molecule has 1 unspecified atom stereocenters. The standard InChI is InChI=1S/C21H21FN6O7/c1-9-7-28-14-11(5-12-15(13(14)22)35-25-16(12)27-3-4-33-19(27)31)6-20(8-23-18(30)24-17(20)29)21(28,26-32)10(2)34-9/h5,9-10H,3-4,6-8H2,1-2H3,(H2,23,24,29,30)/t9-,10+,20?,21-/m1/s1. The Hall–Kier alpha value is -3.81. The number of carbonyl (C=O) groups is 3. The zero-order chi connectivity index (χ0) is 24.7. The summed E-state index contributed by atoms with van der Waals surface area (Å²) in [6.45, 7) is 3.57. The Morgan fingerprint density at radius 1 is 1.29 bits per heavy atom. The summed E-state index contributed by atoms with van der Waals surface area (Å²) >= 11 is 0. The van der Waals surface area contributed by atoms with Crippen molar-refractivity contribution in [2.24, 2.45) is 10.6 Å². The van der Waals surface area contributed by atoms with Crippen LogP contribution < -0.4 is 20.4 Å². The predicted octanol–water partition coefficient (Wildman–Crippen LogP) is 1.38. The Morgan fingerprint density at radius 3 is 2.77 bits per heavy atom. The molecule has 0 saturated carbocycles. The Bertz CT molecular complexity index is 1310. The van der Waals surface area contributed by atoms with Crippen LogP contribution in [0.5, 0.6) is 0 Å². The molecule has 6 rings (SSSR count). The molecule has 4 aliphatic rings. The molecule has 4 atom stereocenters. The van der Waals surface area contributed by atoms with Gasteiger partial charge < -0.3 is 24.2 Å². The van der Waals surface area contributed by atoms with E-state index in [1.54, 1.807) is 19.9 Å². The van der Waals surface area contributed by atoms with Gasteiger partial charge >= 0.3 is 12.1 Å². The molecular weight excluding hydrogens is 467 g/mol. The summed E-state index contributed by atoms with van der Waals surface area (Å²) in [7, 11) is 0. The maximum absolute atomic E-state index is 16.1. The minimum Gasteiger partial charge on any atom is -0.447 e. The van der Waals surface area contributed by atoms with E-state index in [1.807, 2.05) is 0 Å². The van der Waals surface area contributed by atoms with Crippen molar-refractivity contribution >= 4 is 40.5 Å². The molecule has 3 fully saturated rings. The van der Waals surface area contributed by atoms with Crippen LogP contribution in [0.25, 0.3) is 11.0 Å². The zero-order valence-corrected chi connectivity index (χ0v) is 18.8. The molecule has 35 heavy (non-hydrogen) atoms. The number of nitrogens with zero attached hydrogens (tertiary/aromatic N) is 4. The Morgan fingerprint density at radius 2 is 2.09 bits per heavy atom. The van der Waals surface area contributed by atoms with Crippen molar-refractivity contribution in [3.05, 3.63) is 22.4 Å². The number of cyclic esters (lactones) is 1. The Balaban J connectivity index is 1.62. The van der Waals surface area contributed by atoms with Crippen LogP contribution in [-0.2, 0) is 20.7 Å². The van der Waals surface area contributed by atoms with Crippen LogP contribution in [0.2, 0.25) is 0 Å². The van der Waals surface area contributed by atoms with Crippen LogP contribution in [0.1, 0.15) is 19.4 Å².